The highest BCUT2D eigenvalue weighted by Gasteiger charge is 2.19. The van der Waals surface area contributed by atoms with Crippen LogP contribution in [0.5, 0.6) is 0 Å². The summed E-state index contributed by atoms with van der Waals surface area (Å²) in [6.07, 6.45) is 3.87. The van der Waals surface area contributed by atoms with Crippen LogP contribution >= 0.6 is 0 Å². The number of aromatic nitrogens is 2. The van der Waals surface area contributed by atoms with Crippen LogP contribution < -0.4 is 0 Å². The second kappa shape index (κ2) is 4.60. The van der Waals surface area contributed by atoms with Gasteiger partial charge in [-0.25, -0.2) is 4.98 Å². The third-order valence-corrected chi connectivity index (χ3v) is 2.07. The van der Waals surface area contributed by atoms with Crippen LogP contribution in [0.2, 0.25) is 0 Å². The summed E-state index contributed by atoms with van der Waals surface area (Å²) in [5.74, 6) is 1.12. The van der Waals surface area contributed by atoms with Crippen LogP contribution in [-0.2, 0) is 16.7 Å². The summed E-state index contributed by atoms with van der Waals surface area (Å²) < 4.78 is 7.49. The van der Waals surface area contributed by atoms with Gasteiger partial charge >= 0.3 is 0 Å². The Hall–Kier alpha value is -0.830. The molecule has 0 spiro atoms. The fraction of sp³-hybridized carbons (Fsp3) is 0.727. The molecule has 0 atom stereocenters. The van der Waals surface area contributed by atoms with Crippen molar-refractivity contribution in [1.29, 1.82) is 0 Å². The van der Waals surface area contributed by atoms with Crippen molar-refractivity contribution < 1.29 is 4.74 Å². The van der Waals surface area contributed by atoms with E-state index in [1.807, 2.05) is 19.3 Å². The lowest BCUT2D eigenvalue weighted by atomic mass is 9.96. The van der Waals surface area contributed by atoms with Crippen molar-refractivity contribution in [2.24, 2.45) is 0 Å². The maximum absolute atomic E-state index is 5.33. The van der Waals surface area contributed by atoms with E-state index in [0.29, 0.717) is 0 Å². The van der Waals surface area contributed by atoms with Gasteiger partial charge in [-0.1, -0.05) is 20.8 Å². The number of hydrogen-bond donors (Lipinski definition) is 0. The predicted molar refractivity (Wildman–Crippen MR) is 57.4 cm³/mol. The minimum Gasteiger partial charge on any atom is -0.380 e. The van der Waals surface area contributed by atoms with Crippen LogP contribution in [0.3, 0.4) is 0 Å². The number of imidazole rings is 1. The normalized spacial score (nSPS) is 12.0. The third kappa shape index (κ3) is 2.84. The lowest BCUT2D eigenvalue weighted by Gasteiger charge is -2.19. The molecule has 0 radical (unpaired) electrons. The first-order chi connectivity index (χ1) is 6.55. The highest BCUT2D eigenvalue weighted by molar-refractivity contribution is 5.04. The minimum absolute atomic E-state index is 0.107. The zero-order valence-corrected chi connectivity index (χ0v) is 9.58. The highest BCUT2D eigenvalue weighted by Crippen LogP contribution is 2.19. The molecule has 1 rings (SSSR count). The average molecular weight is 196 g/mol. The first-order valence-electron chi connectivity index (χ1n) is 5.15. The van der Waals surface area contributed by atoms with Crippen molar-refractivity contribution >= 4 is 0 Å². The standard InChI is InChI=1S/C11H20N2O/c1-5-14-9-8-13-7-6-12-10(13)11(2,3)4/h6-7H,5,8-9H2,1-4H3. The molecule has 3 heteroatoms. The van der Waals surface area contributed by atoms with Crippen LogP contribution in [0, 0.1) is 0 Å². The molecule has 0 amide bonds. The van der Waals surface area contributed by atoms with Crippen molar-refractivity contribution in [1.82, 2.24) is 9.55 Å². The van der Waals surface area contributed by atoms with Gasteiger partial charge in [0.05, 0.1) is 6.61 Å². The zero-order chi connectivity index (χ0) is 10.6. The van der Waals surface area contributed by atoms with Crippen LogP contribution in [-0.4, -0.2) is 22.8 Å². The van der Waals surface area contributed by atoms with Crippen molar-refractivity contribution in [3.63, 3.8) is 0 Å². The van der Waals surface area contributed by atoms with Gasteiger partial charge in [0.15, 0.2) is 0 Å². The monoisotopic (exact) mass is 196 g/mol. The van der Waals surface area contributed by atoms with Crippen LogP contribution in [0.4, 0.5) is 0 Å². The van der Waals surface area contributed by atoms with E-state index in [9.17, 15) is 0 Å². The second-order valence-electron chi connectivity index (χ2n) is 4.39. The molecule has 0 saturated heterocycles. The summed E-state index contributed by atoms with van der Waals surface area (Å²) in [5.41, 5.74) is 0.107. The molecule has 1 aromatic rings. The predicted octanol–water partition coefficient (Wildman–Crippen LogP) is 2.22. The molecule has 0 unspecified atom stereocenters. The van der Waals surface area contributed by atoms with Crippen molar-refractivity contribution in [2.45, 2.75) is 39.7 Å². The zero-order valence-electron chi connectivity index (χ0n) is 9.58. The summed E-state index contributed by atoms with van der Waals surface area (Å²) in [7, 11) is 0. The van der Waals surface area contributed by atoms with E-state index in [0.717, 1.165) is 25.6 Å². The molecular formula is C11H20N2O. The molecule has 0 aliphatic heterocycles. The van der Waals surface area contributed by atoms with Gasteiger partial charge in [-0.15, -0.1) is 0 Å². The Labute approximate surface area is 86.1 Å². The van der Waals surface area contributed by atoms with Crippen molar-refractivity contribution in [3.8, 4) is 0 Å². The SMILES string of the molecule is CCOCCn1ccnc1C(C)(C)C. The van der Waals surface area contributed by atoms with E-state index in [4.69, 9.17) is 4.74 Å². The summed E-state index contributed by atoms with van der Waals surface area (Å²) in [4.78, 5) is 4.37. The first kappa shape index (κ1) is 11.2. The van der Waals surface area contributed by atoms with E-state index in [1.54, 1.807) is 0 Å². The Morgan fingerprint density at radius 1 is 1.43 bits per heavy atom. The molecule has 1 aromatic heterocycles. The number of hydrogen-bond acceptors (Lipinski definition) is 2. The molecule has 0 aliphatic carbocycles. The van der Waals surface area contributed by atoms with Crippen LogP contribution in [0.1, 0.15) is 33.5 Å². The number of rotatable bonds is 4. The lowest BCUT2D eigenvalue weighted by molar-refractivity contribution is 0.137. The Bertz CT molecular complexity index is 273. The first-order valence-corrected chi connectivity index (χ1v) is 5.15. The molecule has 0 saturated carbocycles. The van der Waals surface area contributed by atoms with E-state index < -0.39 is 0 Å². The molecule has 80 valence electrons. The van der Waals surface area contributed by atoms with Gasteiger partial charge in [-0.05, 0) is 6.92 Å². The Kier molecular flexibility index (Phi) is 3.69. The highest BCUT2D eigenvalue weighted by atomic mass is 16.5. The number of nitrogens with zero attached hydrogens (tertiary/aromatic N) is 2. The van der Waals surface area contributed by atoms with Gasteiger partial charge in [0.1, 0.15) is 5.82 Å². The fourth-order valence-corrected chi connectivity index (χ4v) is 1.44. The van der Waals surface area contributed by atoms with Gasteiger partial charge in [0.2, 0.25) is 0 Å². The fourth-order valence-electron chi connectivity index (χ4n) is 1.44. The molecule has 0 fully saturated rings. The van der Waals surface area contributed by atoms with E-state index in [-0.39, 0.29) is 5.41 Å². The van der Waals surface area contributed by atoms with Gasteiger partial charge in [-0.3, -0.25) is 0 Å². The molecule has 1 heterocycles. The van der Waals surface area contributed by atoms with E-state index >= 15 is 0 Å². The second-order valence-corrected chi connectivity index (χ2v) is 4.39. The van der Waals surface area contributed by atoms with E-state index in [2.05, 4.69) is 30.3 Å². The maximum atomic E-state index is 5.33. The molecule has 14 heavy (non-hydrogen) atoms. The van der Waals surface area contributed by atoms with Gasteiger partial charge in [-0.2, -0.15) is 0 Å². The van der Waals surface area contributed by atoms with Crippen molar-refractivity contribution in [3.05, 3.63) is 18.2 Å². The topological polar surface area (TPSA) is 27.1 Å². The smallest absolute Gasteiger partial charge is 0.114 e. The molecule has 0 aliphatic rings. The molecule has 3 nitrogen and oxygen atoms in total. The molecule has 0 bridgehead atoms. The van der Waals surface area contributed by atoms with Crippen LogP contribution in [0.15, 0.2) is 12.4 Å². The largest absolute Gasteiger partial charge is 0.380 e. The molecule has 0 N–H and O–H groups in total. The van der Waals surface area contributed by atoms with Gasteiger partial charge in [0.25, 0.3) is 0 Å². The minimum atomic E-state index is 0.107. The molecule has 0 aromatic carbocycles. The average Bonchev–Trinajstić information content (AvgIpc) is 2.52. The summed E-state index contributed by atoms with van der Waals surface area (Å²) in [6.45, 7) is 11.0. The van der Waals surface area contributed by atoms with E-state index in [1.165, 1.54) is 0 Å². The maximum Gasteiger partial charge on any atom is 0.114 e. The van der Waals surface area contributed by atoms with Crippen molar-refractivity contribution in [2.75, 3.05) is 13.2 Å². The third-order valence-electron chi connectivity index (χ3n) is 2.07. The summed E-state index contributed by atoms with van der Waals surface area (Å²) in [6, 6.07) is 0. The Morgan fingerprint density at radius 3 is 2.71 bits per heavy atom. The number of ether oxygens (including phenoxy) is 1. The van der Waals surface area contributed by atoms with Gasteiger partial charge < -0.3 is 9.30 Å². The quantitative estimate of drug-likeness (QED) is 0.690. The summed E-state index contributed by atoms with van der Waals surface area (Å²) >= 11 is 0. The molecular weight excluding hydrogens is 176 g/mol. The summed E-state index contributed by atoms with van der Waals surface area (Å²) in [5, 5.41) is 0. The lowest BCUT2D eigenvalue weighted by Crippen LogP contribution is -2.20. The van der Waals surface area contributed by atoms with Gasteiger partial charge in [0, 0.05) is 31.0 Å². The van der Waals surface area contributed by atoms with Crippen LogP contribution in [0.25, 0.3) is 0 Å². The Balaban J connectivity index is 2.63. The Morgan fingerprint density at radius 2 is 2.14 bits per heavy atom.